The van der Waals surface area contributed by atoms with Crippen LogP contribution in [0, 0.1) is 5.82 Å². The lowest BCUT2D eigenvalue weighted by molar-refractivity contribution is 0.366. The van der Waals surface area contributed by atoms with Gasteiger partial charge in [0.05, 0.1) is 0 Å². The van der Waals surface area contributed by atoms with E-state index >= 15 is 0 Å². The van der Waals surface area contributed by atoms with Crippen molar-refractivity contribution in [2.24, 2.45) is 0 Å². The van der Waals surface area contributed by atoms with Crippen molar-refractivity contribution in [3.05, 3.63) is 35.6 Å². The Morgan fingerprint density at radius 1 is 1.05 bits per heavy atom. The molecule has 0 aromatic heterocycles. The molecule has 1 fully saturated rings. The molecule has 124 valence electrons. The van der Waals surface area contributed by atoms with Crippen molar-refractivity contribution in [3.63, 3.8) is 0 Å². The van der Waals surface area contributed by atoms with Crippen LogP contribution in [0.1, 0.15) is 63.4 Å². The van der Waals surface area contributed by atoms with Gasteiger partial charge < -0.3 is 4.43 Å². The zero-order valence-electron chi connectivity index (χ0n) is 14.2. The van der Waals surface area contributed by atoms with Crippen LogP contribution in [-0.4, -0.2) is 15.4 Å². The van der Waals surface area contributed by atoms with E-state index in [9.17, 15) is 4.39 Å². The highest BCUT2D eigenvalue weighted by Crippen LogP contribution is 2.41. The highest BCUT2D eigenvalue weighted by Gasteiger charge is 2.38. The Bertz CT molecular complexity index is 424. The average Bonchev–Trinajstić information content (AvgIpc) is 2.56. The van der Waals surface area contributed by atoms with Gasteiger partial charge in [0.2, 0.25) is 0 Å². The molecule has 2 rings (SSSR count). The van der Waals surface area contributed by atoms with Gasteiger partial charge in [-0.25, -0.2) is 4.39 Å². The van der Waals surface area contributed by atoms with Gasteiger partial charge in [-0.05, 0) is 54.6 Å². The van der Waals surface area contributed by atoms with Crippen molar-refractivity contribution < 1.29 is 8.82 Å². The maximum Gasteiger partial charge on any atom is 0.192 e. The number of unbranched alkanes of at least 4 members (excludes halogenated alkanes) is 4. The number of benzene rings is 1. The molecule has 0 bridgehead atoms. The minimum Gasteiger partial charge on any atom is -0.420 e. The first-order valence-electron chi connectivity index (χ1n) is 9.00. The molecule has 0 aliphatic carbocycles. The molecule has 3 heteroatoms. The van der Waals surface area contributed by atoms with Crippen LogP contribution >= 0.6 is 0 Å². The Kier molecular flexibility index (Phi) is 7.09. The molecule has 1 aliphatic rings. The summed E-state index contributed by atoms with van der Waals surface area (Å²) in [6, 6.07) is 11.0. The van der Waals surface area contributed by atoms with Crippen molar-refractivity contribution in [2.75, 3.05) is 7.11 Å². The Hall–Kier alpha value is -0.673. The second kappa shape index (κ2) is 8.83. The van der Waals surface area contributed by atoms with E-state index in [1.807, 2.05) is 19.2 Å². The van der Waals surface area contributed by atoms with Gasteiger partial charge in [0.1, 0.15) is 5.82 Å². The molecular formula is C19H31FOSi. The summed E-state index contributed by atoms with van der Waals surface area (Å²) in [6.07, 6.45) is 9.22. The van der Waals surface area contributed by atoms with Gasteiger partial charge in [-0.3, -0.25) is 0 Å². The number of halogens is 1. The summed E-state index contributed by atoms with van der Waals surface area (Å²) in [6.45, 7) is 2.27. The molecular weight excluding hydrogens is 291 g/mol. The first-order chi connectivity index (χ1) is 10.7. The topological polar surface area (TPSA) is 9.23 Å². The molecule has 1 aliphatic heterocycles. The highest BCUT2D eigenvalue weighted by atomic mass is 28.4. The number of rotatable bonds is 8. The third-order valence-corrected chi connectivity index (χ3v) is 9.94. The van der Waals surface area contributed by atoms with Crippen LogP contribution in [-0.2, 0) is 4.43 Å². The van der Waals surface area contributed by atoms with E-state index < -0.39 is 8.32 Å². The molecule has 1 nitrogen and oxygen atoms in total. The lowest BCUT2D eigenvalue weighted by Crippen LogP contribution is -2.40. The van der Waals surface area contributed by atoms with Gasteiger partial charge in [0.25, 0.3) is 0 Å². The van der Waals surface area contributed by atoms with Crippen molar-refractivity contribution in [3.8, 4) is 0 Å². The molecule has 0 N–H and O–H groups in total. The van der Waals surface area contributed by atoms with E-state index in [-0.39, 0.29) is 5.82 Å². The minimum atomic E-state index is -1.48. The molecule has 0 atom stereocenters. The van der Waals surface area contributed by atoms with Crippen LogP contribution in [0.2, 0.25) is 18.1 Å². The van der Waals surface area contributed by atoms with Crippen LogP contribution in [0.3, 0.4) is 0 Å². The summed E-state index contributed by atoms with van der Waals surface area (Å²) in [7, 11) is 0.464. The summed E-state index contributed by atoms with van der Waals surface area (Å²) in [4.78, 5) is 0. The third kappa shape index (κ3) is 4.92. The molecule has 1 aromatic rings. The Balaban J connectivity index is 1.81. The van der Waals surface area contributed by atoms with Crippen molar-refractivity contribution in [1.82, 2.24) is 0 Å². The molecule has 1 heterocycles. The second-order valence-corrected chi connectivity index (χ2v) is 11.2. The zero-order valence-corrected chi connectivity index (χ0v) is 15.2. The lowest BCUT2D eigenvalue weighted by Gasteiger charge is -2.37. The quantitative estimate of drug-likeness (QED) is 0.405. The number of hydrogen-bond acceptors (Lipinski definition) is 1. The van der Waals surface area contributed by atoms with E-state index in [1.165, 1.54) is 68.6 Å². The zero-order chi connectivity index (χ0) is 15.8. The van der Waals surface area contributed by atoms with E-state index in [0.717, 1.165) is 0 Å². The van der Waals surface area contributed by atoms with E-state index in [0.29, 0.717) is 5.92 Å². The first-order valence-corrected chi connectivity index (χ1v) is 11.5. The predicted octanol–water partition coefficient (Wildman–Crippen LogP) is 6.27. The second-order valence-electron chi connectivity index (χ2n) is 6.88. The van der Waals surface area contributed by atoms with E-state index in [4.69, 9.17) is 4.43 Å². The Morgan fingerprint density at radius 3 is 2.27 bits per heavy atom. The van der Waals surface area contributed by atoms with Crippen LogP contribution in [0.4, 0.5) is 4.39 Å². The maximum absolute atomic E-state index is 13.0. The van der Waals surface area contributed by atoms with Crippen LogP contribution in [0.25, 0.3) is 0 Å². The highest BCUT2D eigenvalue weighted by molar-refractivity contribution is 6.74. The summed E-state index contributed by atoms with van der Waals surface area (Å²) < 4.78 is 19.1. The lowest BCUT2D eigenvalue weighted by atomic mass is 9.93. The van der Waals surface area contributed by atoms with Crippen LogP contribution in [0.5, 0.6) is 0 Å². The van der Waals surface area contributed by atoms with Crippen molar-refractivity contribution in [2.45, 2.75) is 75.9 Å². The fourth-order valence-corrected chi connectivity index (χ4v) is 7.82. The largest absolute Gasteiger partial charge is 0.420 e. The van der Waals surface area contributed by atoms with Gasteiger partial charge in [-0.1, -0.05) is 51.2 Å². The molecule has 0 saturated carbocycles. The summed E-state index contributed by atoms with van der Waals surface area (Å²) in [5.74, 6) is 0.476. The van der Waals surface area contributed by atoms with Gasteiger partial charge in [-0.15, -0.1) is 0 Å². The Labute approximate surface area is 136 Å². The average molecular weight is 323 g/mol. The fourth-order valence-electron chi connectivity index (χ4n) is 3.82. The van der Waals surface area contributed by atoms with Gasteiger partial charge in [0.15, 0.2) is 8.32 Å². The van der Waals surface area contributed by atoms with Gasteiger partial charge >= 0.3 is 0 Å². The van der Waals surface area contributed by atoms with Crippen molar-refractivity contribution >= 4 is 8.32 Å². The van der Waals surface area contributed by atoms with Crippen LogP contribution < -0.4 is 0 Å². The predicted molar refractivity (Wildman–Crippen MR) is 94.3 cm³/mol. The summed E-state index contributed by atoms with van der Waals surface area (Å²) >= 11 is 0. The number of hydrogen-bond donors (Lipinski definition) is 0. The fraction of sp³-hybridized carbons (Fsp3) is 0.684. The van der Waals surface area contributed by atoms with E-state index in [2.05, 4.69) is 6.92 Å². The molecule has 1 saturated heterocycles. The third-order valence-electron chi connectivity index (χ3n) is 5.41. The van der Waals surface area contributed by atoms with Crippen LogP contribution in [0.15, 0.2) is 24.3 Å². The standard InChI is InChI=1S/C19H31FOSi/c1-3-4-5-6-7-14-22(21-2)15-12-18(13-16-22)17-8-10-19(20)11-9-17/h8-11,18H,3-7,12-16H2,1-2H3. The molecule has 0 unspecified atom stereocenters. The monoisotopic (exact) mass is 322 g/mol. The molecule has 22 heavy (non-hydrogen) atoms. The smallest absolute Gasteiger partial charge is 0.192 e. The van der Waals surface area contributed by atoms with E-state index in [1.54, 1.807) is 12.1 Å². The summed E-state index contributed by atoms with van der Waals surface area (Å²) in [5.41, 5.74) is 1.31. The maximum atomic E-state index is 13.0. The molecule has 0 amide bonds. The SMILES string of the molecule is CCCCCCC[Si]1(OC)CCC(c2ccc(F)cc2)CC1. The normalized spacial score (nSPS) is 25.3. The van der Waals surface area contributed by atoms with Gasteiger partial charge in [-0.2, -0.15) is 0 Å². The Morgan fingerprint density at radius 2 is 1.68 bits per heavy atom. The van der Waals surface area contributed by atoms with Gasteiger partial charge in [0, 0.05) is 7.11 Å². The first kappa shape index (κ1) is 17.7. The summed E-state index contributed by atoms with van der Waals surface area (Å²) in [5, 5.41) is 0. The molecule has 1 aromatic carbocycles. The minimum absolute atomic E-state index is 0.132. The molecule has 0 radical (unpaired) electrons. The molecule has 0 spiro atoms. The van der Waals surface area contributed by atoms with Crippen molar-refractivity contribution in [1.29, 1.82) is 0 Å².